The van der Waals surface area contributed by atoms with Crippen molar-refractivity contribution < 1.29 is 18.9 Å². The first-order valence-electron chi connectivity index (χ1n) is 31.2. The van der Waals surface area contributed by atoms with E-state index in [1.54, 1.807) is 24.3 Å². The molecule has 12 heteroatoms. The zero-order chi connectivity index (χ0) is 54.2. The molecule has 8 nitrogen and oxygen atoms in total. The lowest BCUT2D eigenvalue weighted by molar-refractivity contribution is 0.162. The Kier molecular flexibility index (Phi) is 16.8. The van der Waals surface area contributed by atoms with Gasteiger partial charge in [-0.2, -0.15) is 0 Å². The van der Waals surface area contributed by atoms with E-state index in [0.29, 0.717) is 26.4 Å². The molecule has 7 aliphatic rings. The van der Waals surface area contributed by atoms with E-state index < -0.39 is 0 Å². The molecular weight excluding hydrogens is 1070 g/mol. The molecule has 0 bridgehead atoms. The van der Waals surface area contributed by atoms with Crippen LogP contribution in [0.1, 0.15) is 200 Å². The van der Waals surface area contributed by atoms with E-state index in [9.17, 15) is 0 Å². The standard InChI is InChI=1S/C68H84N4O4S4/c1-5-9-13-21-33-67(34-22-14-10-6-2)49-27-19-17-25-45(49)47-31-29-43(41-51(47)67)63-59-61(75-39-37-73-59)65(77-63)53-55-57(71-79-69-55)54(58-56(53)70-80-72-58)66-62-60(74-38-40-76-62)64(78-66)44-30-32-48-46-26-18-20-28-50(46)68(52(48)42-44,35-23-15-11-7-3)36-24-16-12-8-4/h17-20,25-32,41-42,53-58,69-72H,5-16,21-24,33-40H2,1-4H3. The lowest BCUT2D eigenvalue weighted by atomic mass is 9.68. The summed E-state index contributed by atoms with van der Waals surface area (Å²) in [6.45, 7) is 11.5. The predicted octanol–water partition coefficient (Wildman–Crippen LogP) is 18.0. The molecule has 2 aromatic heterocycles. The first kappa shape index (κ1) is 55.2. The maximum atomic E-state index is 6.85. The van der Waals surface area contributed by atoms with E-state index in [1.165, 1.54) is 204 Å². The van der Waals surface area contributed by atoms with Gasteiger partial charge in [-0.25, -0.2) is 18.9 Å². The molecule has 3 fully saturated rings. The van der Waals surface area contributed by atoms with Gasteiger partial charge in [-0.15, -0.1) is 22.7 Å². The van der Waals surface area contributed by atoms with Gasteiger partial charge in [0.1, 0.15) is 26.4 Å². The molecule has 1 saturated carbocycles. The van der Waals surface area contributed by atoms with Crippen LogP contribution in [0.4, 0.5) is 0 Å². The Bertz CT molecular complexity index is 2900. The average molecular weight is 1150 g/mol. The highest BCUT2D eigenvalue weighted by Gasteiger charge is 2.59. The minimum absolute atomic E-state index is 0.00142. The van der Waals surface area contributed by atoms with Crippen LogP contribution >= 0.6 is 46.9 Å². The fourth-order valence-electron chi connectivity index (χ4n) is 15.6. The predicted molar refractivity (Wildman–Crippen MR) is 337 cm³/mol. The van der Waals surface area contributed by atoms with Gasteiger partial charge in [0.2, 0.25) is 0 Å². The van der Waals surface area contributed by atoms with E-state index >= 15 is 0 Å². The average Bonchev–Trinajstić information content (AvgIpc) is 4.10. The van der Waals surface area contributed by atoms with Gasteiger partial charge in [-0.05, 0) is 93.5 Å². The highest BCUT2D eigenvalue weighted by Crippen LogP contribution is 2.63. The maximum Gasteiger partial charge on any atom is 0.180 e. The van der Waals surface area contributed by atoms with Crippen LogP contribution in [0.15, 0.2) is 84.9 Å². The smallest absolute Gasteiger partial charge is 0.180 e. The lowest BCUT2D eigenvalue weighted by Crippen LogP contribution is -2.61. The Morgan fingerprint density at radius 1 is 0.388 bits per heavy atom. The van der Waals surface area contributed by atoms with Crippen LogP contribution in [0.2, 0.25) is 0 Å². The van der Waals surface area contributed by atoms with Crippen LogP contribution in [0.3, 0.4) is 0 Å². The number of benzene rings is 4. The summed E-state index contributed by atoms with van der Waals surface area (Å²) in [7, 11) is 0. The molecule has 2 saturated heterocycles. The van der Waals surface area contributed by atoms with Gasteiger partial charge >= 0.3 is 0 Å². The van der Waals surface area contributed by atoms with Gasteiger partial charge in [0.05, 0.1) is 19.5 Å². The summed E-state index contributed by atoms with van der Waals surface area (Å²) in [4.78, 5) is 4.91. The summed E-state index contributed by atoms with van der Waals surface area (Å²) in [6.07, 6.45) is 25.1. The number of unbranched alkanes of at least 4 members (excludes halogenated alkanes) is 12. The second-order valence-corrected chi connectivity index (χ2v) is 27.6. The van der Waals surface area contributed by atoms with E-state index in [1.807, 2.05) is 22.7 Å². The number of fused-ring (bicyclic) bond motifs is 10. The summed E-state index contributed by atoms with van der Waals surface area (Å²) < 4.78 is 43.2. The number of thiophene rings is 2. The van der Waals surface area contributed by atoms with Crippen LogP contribution in [-0.2, 0) is 10.8 Å². The molecule has 3 aliphatic carbocycles. The molecule has 4 unspecified atom stereocenters. The topological polar surface area (TPSA) is 85.0 Å². The molecule has 0 amide bonds. The molecule has 4 aromatic carbocycles. The van der Waals surface area contributed by atoms with Crippen molar-refractivity contribution in [2.75, 3.05) is 26.4 Å². The number of hydrogen-bond acceptors (Lipinski definition) is 12. The van der Waals surface area contributed by atoms with Gasteiger partial charge in [0.15, 0.2) is 23.0 Å². The van der Waals surface area contributed by atoms with Gasteiger partial charge in [-0.3, -0.25) is 0 Å². The number of hydrogen-bond donors (Lipinski definition) is 4. The quantitative estimate of drug-likeness (QED) is 0.0347. The van der Waals surface area contributed by atoms with Crippen molar-refractivity contribution in [3.8, 4) is 66.1 Å². The Hall–Kier alpha value is -3.98. The third-order valence-corrected chi connectivity index (χ3v) is 23.6. The molecule has 0 radical (unpaired) electrons. The van der Waals surface area contributed by atoms with Crippen LogP contribution in [-0.4, -0.2) is 50.6 Å². The third-order valence-electron chi connectivity index (χ3n) is 19.4. The molecule has 4 atom stereocenters. The Balaban J connectivity index is 0.864. The summed E-state index contributed by atoms with van der Waals surface area (Å²) >= 11 is 7.11. The maximum absolute atomic E-state index is 6.85. The van der Waals surface area contributed by atoms with E-state index in [0.717, 1.165) is 23.0 Å². The number of nitrogens with one attached hydrogen (secondary N) is 4. The first-order valence-corrected chi connectivity index (χ1v) is 34.5. The fourth-order valence-corrected chi connectivity index (χ4v) is 20.2. The largest absolute Gasteiger partial charge is 0.485 e. The second-order valence-electron chi connectivity index (χ2n) is 24.2. The SMILES string of the molecule is CCCCCCC1(CCCCCC)c2ccccc2-c2ccc(-c3sc(C4C5NSNC5C(c5sc(-c6ccc7c(c6)C(CCCCCC)(CCCCCC)c6ccccc6-7)c6c5OCCO6)C5NSNC54)c4c3OCCO4)cc21. The van der Waals surface area contributed by atoms with Crippen LogP contribution in [0, 0.1) is 0 Å². The Morgan fingerprint density at radius 2 is 0.725 bits per heavy atom. The highest BCUT2D eigenvalue weighted by molar-refractivity contribution is 7.96. The van der Waals surface area contributed by atoms with E-state index in [4.69, 9.17) is 18.9 Å². The van der Waals surface area contributed by atoms with Gasteiger partial charge in [0.25, 0.3) is 0 Å². The summed E-state index contributed by atoms with van der Waals surface area (Å²) in [6, 6.07) is 33.9. The van der Waals surface area contributed by atoms with Crippen molar-refractivity contribution in [3.05, 3.63) is 117 Å². The van der Waals surface area contributed by atoms with Crippen molar-refractivity contribution in [1.29, 1.82) is 0 Å². The highest BCUT2D eigenvalue weighted by atomic mass is 32.2. The molecule has 13 rings (SSSR count). The van der Waals surface area contributed by atoms with Crippen molar-refractivity contribution in [2.24, 2.45) is 0 Å². The molecule has 6 heterocycles. The molecule has 4 aliphatic heterocycles. The van der Waals surface area contributed by atoms with Crippen LogP contribution < -0.4 is 37.8 Å². The van der Waals surface area contributed by atoms with Gasteiger partial charge in [0, 0.05) is 71.1 Å². The minimum atomic E-state index is 0.00142. The minimum Gasteiger partial charge on any atom is -0.485 e. The van der Waals surface area contributed by atoms with Gasteiger partial charge in [-0.1, -0.05) is 203 Å². The van der Waals surface area contributed by atoms with Crippen molar-refractivity contribution in [2.45, 2.75) is 203 Å². The van der Waals surface area contributed by atoms with Crippen molar-refractivity contribution in [3.63, 3.8) is 0 Å². The monoisotopic (exact) mass is 1150 g/mol. The molecule has 424 valence electrons. The molecular formula is C68H84N4O4S4. The zero-order valence-electron chi connectivity index (χ0n) is 47.8. The number of ether oxygens (including phenoxy) is 4. The fraction of sp³-hybridized carbons (Fsp3) is 0.529. The normalized spacial score (nSPS) is 23.1. The van der Waals surface area contributed by atoms with Crippen LogP contribution in [0.25, 0.3) is 43.1 Å². The zero-order valence-corrected chi connectivity index (χ0v) is 51.0. The third kappa shape index (κ3) is 9.67. The number of rotatable bonds is 24. The first-order chi connectivity index (χ1) is 39.5. The molecule has 80 heavy (non-hydrogen) atoms. The Morgan fingerprint density at radius 3 is 1.09 bits per heavy atom. The second kappa shape index (κ2) is 24.3. The van der Waals surface area contributed by atoms with Crippen LogP contribution in [0.5, 0.6) is 23.0 Å². The summed E-state index contributed by atoms with van der Waals surface area (Å²) in [5, 5.41) is 0. The summed E-state index contributed by atoms with van der Waals surface area (Å²) in [5.41, 5.74) is 14.3. The molecule has 0 spiro atoms. The van der Waals surface area contributed by atoms with Gasteiger partial charge < -0.3 is 18.9 Å². The van der Waals surface area contributed by atoms with E-state index in [-0.39, 0.29) is 46.8 Å². The molecule has 6 aromatic rings. The Labute approximate surface area is 494 Å². The van der Waals surface area contributed by atoms with Crippen molar-refractivity contribution in [1.82, 2.24) is 18.9 Å². The summed E-state index contributed by atoms with van der Waals surface area (Å²) in [5.74, 6) is 3.87. The lowest BCUT2D eigenvalue weighted by Gasteiger charge is -2.45. The van der Waals surface area contributed by atoms with Crippen molar-refractivity contribution >= 4 is 46.9 Å². The molecule has 4 N–H and O–H groups in total. The van der Waals surface area contributed by atoms with E-state index in [2.05, 4.69) is 132 Å².